The van der Waals surface area contributed by atoms with Crippen molar-refractivity contribution in [3.05, 3.63) is 65.7 Å². The maximum Gasteiger partial charge on any atom is 0.274 e. The highest BCUT2D eigenvalue weighted by Gasteiger charge is 2.13. The zero-order chi connectivity index (χ0) is 14.7. The van der Waals surface area contributed by atoms with Crippen LogP contribution in [0.5, 0.6) is 0 Å². The molecule has 2 aromatic heterocycles. The minimum Gasteiger partial charge on any atom is -0.339 e. The Morgan fingerprint density at radius 1 is 1.24 bits per heavy atom. The number of aryl methyl sites for hydroxylation is 1. The third-order valence-corrected chi connectivity index (χ3v) is 3.08. The Morgan fingerprint density at radius 3 is 2.76 bits per heavy atom. The number of H-pyrrole nitrogens is 1. The second kappa shape index (κ2) is 5.62. The van der Waals surface area contributed by atoms with E-state index in [-0.39, 0.29) is 11.9 Å². The smallest absolute Gasteiger partial charge is 0.274 e. The fourth-order valence-corrected chi connectivity index (χ4v) is 2.10. The first-order valence-corrected chi connectivity index (χ1v) is 6.62. The fourth-order valence-electron chi connectivity index (χ4n) is 2.10. The molecule has 0 aliphatic carbocycles. The summed E-state index contributed by atoms with van der Waals surface area (Å²) in [6.45, 7) is 2.42. The van der Waals surface area contributed by atoms with Crippen LogP contribution in [-0.2, 0) is 6.54 Å². The minimum absolute atomic E-state index is 0.227. The van der Waals surface area contributed by atoms with Crippen molar-refractivity contribution in [1.82, 2.24) is 19.7 Å². The monoisotopic (exact) mass is 281 g/mol. The van der Waals surface area contributed by atoms with Crippen LogP contribution in [0, 0.1) is 6.92 Å². The maximum atomic E-state index is 12.3. The van der Waals surface area contributed by atoms with Crippen molar-refractivity contribution in [3.63, 3.8) is 0 Å². The number of amides is 1. The van der Waals surface area contributed by atoms with Crippen LogP contribution in [0.4, 0.5) is 5.95 Å². The highest BCUT2D eigenvalue weighted by molar-refractivity contribution is 6.02. The van der Waals surface area contributed by atoms with Crippen LogP contribution < -0.4 is 5.32 Å². The number of benzene rings is 1. The average molecular weight is 281 g/mol. The molecule has 0 spiro atoms. The number of nitrogens with zero attached hydrogens (tertiary/aromatic N) is 3. The molecule has 1 aromatic carbocycles. The van der Waals surface area contributed by atoms with Crippen LogP contribution in [-0.4, -0.2) is 25.7 Å². The largest absolute Gasteiger partial charge is 0.339 e. The lowest BCUT2D eigenvalue weighted by molar-refractivity contribution is 0.101. The summed E-state index contributed by atoms with van der Waals surface area (Å²) in [6, 6.07) is 13.6. The molecular formula is C15H15N5O. The Bertz CT molecular complexity index is 744. The molecule has 21 heavy (non-hydrogen) atoms. The lowest BCUT2D eigenvalue weighted by atomic mass is 10.2. The molecule has 0 radical (unpaired) electrons. The lowest BCUT2D eigenvalue weighted by Gasteiger charge is -2.08. The summed E-state index contributed by atoms with van der Waals surface area (Å²) in [5.41, 5.74) is 1.71. The second-order valence-electron chi connectivity index (χ2n) is 4.71. The standard InChI is InChI=1S/C15H15N5O/c1-11-16-15(19-18-11)17-14(21)13-8-5-9-20(13)10-12-6-3-2-4-7-12/h2-9H,10H2,1H3,(H2,16,17,18,19,21). The first kappa shape index (κ1) is 13.1. The molecule has 0 atom stereocenters. The Hall–Kier alpha value is -2.89. The number of aromatic amines is 1. The van der Waals surface area contributed by atoms with Crippen molar-refractivity contribution in [2.24, 2.45) is 0 Å². The van der Waals surface area contributed by atoms with Crippen molar-refractivity contribution in [3.8, 4) is 0 Å². The Balaban J connectivity index is 1.77. The van der Waals surface area contributed by atoms with Gasteiger partial charge in [-0.2, -0.15) is 4.98 Å². The lowest BCUT2D eigenvalue weighted by Crippen LogP contribution is -2.18. The van der Waals surface area contributed by atoms with Crippen molar-refractivity contribution >= 4 is 11.9 Å². The minimum atomic E-state index is -0.227. The molecule has 0 aliphatic rings. The van der Waals surface area contributed by atoms with Gasteiger partial charge in [0.05, 0.1) is 0 Å². The quantitative estimate of drug-likeness (QED) is 0.770. The summed E-state index contributed by atoms with van der Waals surface area (Å²) in [7, 11) is 0. The van der Waals surface area contributed by atoms with Gasteiger partial charge >= 0.3 is 0 Å². The highest BCUT2D eigenvalue weighted by Crippen LogP contribution is 2.09. The van der Waals surface area contributed by atoms with Gasteiger partial charge in [-0.15, -0.1) is 5.10 Å². The molecule has 0 unspecified atom stereocenters. The molecule has 0 saturated carbocycles. The summed E-state index contributed by atoms with van der Waals surface area (Å²) in [5.74, 6) is 0.713. The molecule has 3 aromatic rings. The SMILES string of the molecule is Cc1nc(NC(=O)c2cccn2Cc2ccccc2)n[nH]1. The molecule has 3 rings (SSSR count). The summed E-state index contributed by atoms with van der Waals surface area (Å²) in [4.78, 5) is 16.3. The summed E-state index contributed by atoms with van der Waals surface area (Å²) in [5, 5.41) is 9.27. The molecule has 6 heteroatoms. The van der Waals surface area contributed by atoms with Crippen LogP contribution in [0.1, 0.15) is 21.9 Å². The van der Waals surface area contributed by atoms with Gasteiger partial charge in [-0.05, 0) is 24.6 Å². The number of hydrogen-bond donors (Lipinski definition) is 2. The highest BCUT2D eigenvalue weighted by atomic mass is 16.2. The maximum absolute atomic E-state index is 12.3. The van der Waals surface area contributed by atoms with Gasteiger partial charge in [0.1, 0.15) is 11.5 Å². The van der Waals surface area contributed by atoms with E-state index < -0.39 is 0 Å². The molecule has 106 valence electrons. The fraction of sp³-hybridized carbons (Fsp3) is 0.133. The van der Waals surface area contributed by atoms with Gasteiger partial charge in [0.2, 0.25) is 5.95 Å². The first-order chi connectivity index (χ1) is 10.2. The number of anilines is 1. The number of nitrogens with one attached hydrogen (secondary N) is 2. The second-order valence-corrected chi connectivity index (χ2v) is 4.71. The predicted octanol–water partition coefficient (Wildman–Crippen LogP) is 2.22. The van der Waals surface area contributed by atoms with Crippen LogP contribution in [0.25, 0.3) is 0 Å². The van der Waals surface area contributed by atoms with Crippen LogP contribution in [0.15, 0.2) is 48.7 Å². The first-order valence-electron chi connectivity index (χ1n) is 6.62. The molecule has 0 aliphatic heterocycles. The van der Waals surface area contributed by atoms with Gasteiger partial charge in [-0.25, -0.2) is 0 Å². The van der Waals surface area contributed by atoms with Gasteiger partial charge in [0, 0.05) is 12.7 Å². The van der Waals surface area contributed by atoms with Crippen LogP contribution in [0.3, 0.4) is 0 Å². The van der Waals surface area contributed by atoms with Gasteiger partial charge < -0.3 is 4.57 Å². The zero-order valence-corrected chi connectivity index (χ0v) is 11.6. The van der Waals surface area contributed by atoms with E-state index in [1.54, 1.807) is 13.0 Å². The van der Waals surface area contributed by atoms with E-state index in [0.29, 0.717) is 18.1 Å². The molecule has 2 N–H and O–H groups in total. The molecule has 6 nitrogen and oxygen atoms in total. The summed E-state index contributed by atoms with van der Waals surface area (Å²) < 4.78 is 1.89. The normalized spacial score (nSPS) is 10.5. The van der Waals surface area contributed by atoms with Crippen LogP contribution >= 0.6 is 0 Å². The Morgan fingerprint density at radius 2 is 2.05 bits per heavy atom. The summed E-state index contributed by atoms with van der Waals surface area (Å²) >= 11 is 0. The Labute approximate surface area is 121 Å². The third kappa shape index (κ3) is 3.00. The summed E-state index contributed by atoms with van der Waals surface area (Å²) in [6.07, 6.45) is 1.88. The number of carbonyl (C=O) groups is 1. The van der Waals surface area contributed by atoms with E-state index >= 15 is 0 Å². The van der Waals surface area contributed by atoms with Crippen molar-refractivity contribution in [2.45, 2.75) is 13.5 Å². The van der Waals surface area contributed by atoms with E-state index in [4.69, 9.17) is 0 Å². The number of aromatic nitrogens is 4. The zero-order valence-electron chi connectivity index (χ0n) is 11.6. The van der Waals surface area contributed by atoms with E-state index in [0.717, 1.165) is 5.56 Å². The van der Waals surface area contributed by atoms with E-state index in [1.807, 2.05) is 47.2 Å². The predicted molar refractivity (Wildman–Crippen MR) is 79.0 cm³/mol. The van der Waals surface area contributed by atoms with Gasteiger partial charge in [-0.1, -0.05) is 30.3 Å². The molecule has 2 heterocycles. The van der Waals surface area contributed by atoms with Crippen molar-refractivity contribution in [1.29, 1.82) is 0 Å². The van der Waals surface area contributed by atoms with Gasteiger partial charge in [-0.3, -0.25) is 15.2 Å². The number of carbonyl (C=O) groups excluding carboxylic acids is 1. The topological polar surface area (TPSA) is 75.6 Å². The molecule has 0 fully saturated rings. The molecule has 1 amide bonds. The third-order valence-electron chi connectivity index (χ3n) is 3.08. The number of hydrogen-bond acceptors (Lipinski definition) is 3. The molecular weight excluding hydrogens is 266 g/mol. The molecule has 0 bridgehead atoms. The number of rotatable bonds is 4. The van der Waals surface area contributed by atoms with Gasteiger partial charge in [0.25, 0.3) is 5.91 Å². The van der Waals surface area contributed by atoms with Crippen LogP contribution in [0.2, 0.25) is 0 Å². The van der Waals surface area contributed by atoms with E-state index in [9.17, 15) is 4.79 Å². The average Bonchev–Trinajstić information content (AvgIpc) is 3.09. The van der Waals surface area contributed by atoms with E-state index in [2.05, 4.69) is 20.5 Å². The Kier molecular flexibility index (Phi) is 3.51. The van der Waals surface area contributed by atoms with E-state index in [1.165, 1.54) is 0 Å². The molecule has 0 saturated heterocycles. The van der Waals surface area contributed by atoms with Crippen molar-refractivity contribution < 1.29 is 4.79 Å². The van der Waals surface area contributed by atoms with Gasteiger partial charge in [0.15, 0.2) is 0 Å². The van der Waals surface area contributed by atoms with Crippen molar-refractivity contribution in [2.75, 3.05) is 5.32 Å².